The van der Waals surface area contributed by atoms with Crippen LogP contribution in [0.5, 0.6) is 0 Å². The Kier molecular flexibility index (Phi) is 3.08. The van der Waals surface area contributed by atoms with Crippen molar-refractivity contribution in [3.05, 3.63) is 12.2 Å². The van der Waals surface area contributed by atoms with E-state index in [4.69, 9.17) is 0 Å². The Morgan fingerprint density at radius 1 is 0.846 bits per heavy atom. The van der Waals surface area contributed by atoms with E-state index in [1.165, 1.54) is 57.8 Å². The minimum Gasteiger partial charge on any atom is -0.0996 e. The van der Waals surface area contributed by atoms with E-state index < -0.39 is 0 Å². The lowest BCUT2D eigenvalue weighted by atomic mass is 9.87. The number of rotatable bonds is 0. The number of hydrogen-bond acceptors (Lipinski definition) is 0. The number of fused-ring (bicyclic) bond motifs is 1. The summed E-state index contributed by atoms with van der Waals surface area (Å²) in [6, 6.07) is 0. The summed E-state index contributed by atoms with van der Waals surface area (Å²) in [4.78, 5) is 0. The van der Waals surface area contributed by atoms with Crippen LogP contribution in [0.4, 0.5) is 0 Å². The smallest absolute Gasteiger partial charge is 0.0177 e. The predicted molar refractivity (Wildman–Crippen MR) is 57.7 cm³/mol. The highest BCUT2D eigenvalue weighted by Gasteiger charge is 2.29. The van der Waals surface area contributed by atoms with E-state index in [1.54, 1.807) is 5.57 Å². The van der Waals surface area contributed by atoms with Gasteiger partial charge in [0.25, 0.3) is 0 Å². The molecule has 2 rings (SSSR count). The Labute approximate surface area is 82.4 Å². The normalized spacial score (nSPS) is 36.2. The molecule has 13 heavy (non-hydrogen) atoms. The van der Waals surface area contributed by atoms with Crippen molar-refractivity contribution in [2.75, 3.05) is 0 Å². The van der Waals surface area contributed by atoms with E-state index in [0.29, 0.717) is 0 Å². The van der Waals surface area contributed by atoms with Gasteiger partial charge in [0.1, 0.15) is 0 Å². The van der Waals surface area contributed by atoms with E-state index >= 15 is 0 Å². The maximum atomic E-state index is 4.24. The summed E-state index contributed by atoms with van der Waals surface area (Å²) in [7, 11) is 0. The van der Waals surface area contributed by atoms with Gasteiger partial charge in [-0.15, -0.1) is 0 Å². The summed E-state index contributed by atoms with van der Waals surface area (Å²) in [6.07, 6.45) is 13.1. The average molecular weight is 178 g/mol. The van der Waals surface area contributed by atoms with Crippen molar-refractivity contribution in [1.82, 2.24) is 0 Å². The molecule has 2 unspecified atom stereocenters. The maximum Gasteiger partial charge on any atom is -0.0177 e. The fraction of sp³-hybridized carbons (Fsp3) is 0.846. The van der Waals surface area contributed by atoms with Gasteiger partial charge in [0.2, 0.25) is 0 Å². The van der Waals surface area contributed by atoms with Crippen molar-refractivity contribution in [1.29, 1.82) is 0 Å². The van der Waals surface area contributed by atoms with E-state index in [9.17, 15) is 0 Å². The molecule has 0 amide bonds. The largest absolute Gasteiger partial charge is 0.0996 e. The van der Waals surface area contributed by atoms with Crippen molar-refractivity contribution >= 4 is 0 Å². The fourth-order valence-electron chi connectivity index (χ4n) is 3.18. The fourth-order valence-corrected chi connectivity index (χ4v) is 3.18. The van der Waals surface area contributed by atoms with Crippen LogP contribution >= 0.6 is 0 Å². The predicted octanol–water partition coefficient (Wildman–Crippen LogP) is 4.31. The van der Waals surface area contributed by atoms with Gasteiger partial charge in [-0.25, -0.2) is 0 Å². The highest BCUT2D eigenvalue weighted by atomic mass is 14.3. The van der Waals surface area contributed by atoms with Gasteiger partial charge in [-0.3, -0.25) is 0 Å². The molecule has 0 aromatic heterocycles. The van der Waals surface area contributed by atoms with Crippen LogP contribution in [0.1, 0.15) is 57.8 Å². The zero-order chi connectivity index (χ0) is 9.10. The molecule has 2 aliphatic rings. The summed E-state index contributed by atoms with van der Waals surface area (Å²) in [6.45, 7) is 4.24. The first-order chi connectivity index (χ1) is 6.38. The molecular formula is C13H22. The van der Waals surface area contributed by atoms with Gasteiger partial charge in [0.05, 0.1) is 0 Å². The molecule has 2 atom stereocenters. The summed E-state index contributed by atoms with van der Waals surface area (Å²) in [5.41, 5.74) is 1.58. The standard InChI is InChI=1S/C13H22/c1-11-9-10-12-7-5-3-2-4-6-8-13(11)12/h12-13H,1-10H2. The molecule has 0 aromatic rings. The molecule has 2 aliphatic carbocycles. The highest BCUT2D eigenvalue weighted by Crippen LogP contribution is 2.42. The third-order valence-corrected chi connectivity index (χ3v) is 4.02. The Morgan fingerprint density at radius 3 is 2.38 bits per heavy atom. The molecule has 0 saturated heterocycles. The van der Waals surface area contributed by atoms with Gasteiger partial charge in [0.15, 0.2) is 0 Å². The molecule has 0 radical (unpaired) electrons. The SMILES string of the molecule is C=C1CCC2CCCCCCCC12. The van der Waals surface area contributed by atoms with E-state index in [1.807, 2.05) is 0 Å². The van der Waals surface area contributed by atoms with Crippen LogP contribution in [-0.2, 0) is 0 Å². The third kappa shape index (κ3) is 2.15. The molecule has 0 aliphatic heterocycles. The maximum absolute atomic E-state index is 4.24. The zero-order valence-corrected chi connectivity index (χ0v) is 8.73. The quantitative estimate of drug-likeness (QED) is 0.485. The average Bonchev–Trinajstić information content (AvgIpc) is 2.51. The number of hydrogen-bond donors (Lipinski definition) is 0. The minimum atomic E-state index is 0.915. The molecule has 0 heterocycles. The van der Waals surface area contributed by atoms with Crippen molar-refractivity contribution in [3.8, 4) is 0 Å². The van der Waals surface area contributed by atoms with Crippen LogP contribution < -0.4 is 0 Å². The first-order valence-electron chi connectivity index (χ1n) is 6.05. The van der Waals surface area contributed by atoms with Gasteiger partial charge in [0, 0.05) is 0 Å². The topological polar surface area (TPSA) is 0 Å². The van der Waals surface area contributed by atoms with Crippen LogP contribution in [0, 0.1) is 11.8 Å². The second-order valence-electron chi connectivity index (χ2n) is 4.91. The van der Waals surface area contributed by atoms with Gasteiger partial charge < -0.3 is 0 Å². The summed E-state index contributed by atoms with van der Waals surface area (Å²) < 4.78 is 0. The van der Waals surface area contributed by atoms with E-state index in [-0.39, 0.29) is 0 Å². The lowest BCUT2D eigenvalue weighted by molar-refractivity contribution is 0.368. The van der Waals surface area contributed by atoms with Crippen LogP contribution in [0.25, 0.3) is 0 Å². The molecule has 0 aromatic carbocycles. The summed E-state index contributed by atoms with van der Waals surface area (Å²) in [5, 5.41) is 0. The van der Waals surface area contributed by atoms with Crippen LogP contribution in [0.2, 0.25) is 0 Å². The molecule has 2 fully saturated rings. The Bertz CT molecular complexity index is 180. The Morgan fingerprint density at radius 2 is 1.54 bits per heavy atom. The minimum absolute atomic E-state index is 0.915. The summed E-state index contributed by atoms with van der Waals surface area (Å²) in [5.74, 6) is 1.93. The van der Waals surface area contributed by atoms with Crippen molar-refractivity contribution in [2.24, 2.45) is 11.8 Å². The van der Waals surface area contributed by atoms with Crippen molar-refractivity contribution < 1.29 is 0 Å². The molecule has 2 saturated carbocycles. The Hall–Kier alpha value is -0.260. The first-order valence-corrected chi connectivity index (χ1v) is 6.05. The highest BCUT2D eigenvalue weighted by molar-refractivity contribution is 5.08. The molecule has 0 N–H and O–H groups in total. The van der Waals surface area contributed by atoms with E-state index in [0.717, 1.165) is 11.8 Å². The number of allylic oxidation sites excluding steroid dienone is 1. The van der Waals surface area contributed by atoms with Gasteiger partial charge in [-0.05, 0) is 37.5 Å². The Balaban J connectivity index is 1.97. The van der Waals surface area contributed by atoms with Gasteiger partial charge in [-0.2, -0.15) is 0 Å². The van der Waals surface area contributed by atoms with Crippen molar-refractivity contribution in [3.63, 3.8) is 0 Å². The van der Waals surface area contributed by atoms with Gasteiger partial charge >= 0.3 is 0 Å². The monoisotopic (exact) mass is 178 g/mol. The molecule has 0 heteroatoms. The summed E-state index contributed by atoms with van der Waals surface area (Å²) >= 11 is 0. The molecule has 74 valence electrons. The van der Waals surface area contributed by atoms with Crippen LogP contribution in [0.3, 0.4) is 0 Å². The molecule has 0 bridgehead atoms. The second kappa shape index (κ2) is 4.30. The van der Waals surface area contributed by atoms with Crippen LogP contribution in [0.15, 0.2) is 12.2 Å². The van der Waals surface area contributed by atoms with E-state index in [2.05, 4.69) is 6.58 Å². The zero-order valence-electron chi connectivity index (χ0n) is 8.73. The molecule has 0 spiro atoms. The molecule has 0 nitrogen and oxygen atoms in total. The third-order valence-electron chi connectivity index (χ3n) is 4.02. The lowest BCUT2D eigenvalue weighted by Gasteiger charge is -2.18. The van der Waals surface area contributed by atoms with Gasteiger partial charge in [-0.1, -0.05) is 44.3 Å². The molecular weight excluding hydrogens is 156 g/mol. The van der Waals surface area contributed by atoms with Crippen molar-refractivity contribution in [2.45, 2.75) is 57.8 Å². The lowest BCUT2D eigenvalue weighted by Crippen LogP contribution is -2.08. The second-order valence-corrected chi connectivity index (χ2v) is 4.91. The van der Waals surface area contributed by atoms with Crippen LogP contribution in [-0.4, -0.2) is 0 Å². The first kappa shape index (κ1) is 9.30.